The number of nitrogens with one attached hydrogen (secondary N) is 1. The lowest BCUT2D eigenvalue weighted by atomic mass is 9.54. The number of nitrogens with zero attached hydrogens (tertiary/aromatic N) is 2. The lowest BCUT2D eigenvalue weighted by Gasteiger charge is -2.53. The lowest BCUT2D eigenvalue weighted by Crippen LogP contribution is -2.48. The van der Waals surface area contributed by atoms with Gasteiger partial charge in [0.05, 0.1) is 6.04 Å². The number of carbonyl (C=O) groups is 1. The molecule has 1 heterocycles. The van der Waals surface area contributed by atoms with Gasteiger partial charge in [-0.05, 0) is 79.4 Å². The zero-order chi connectivity index (χ0) is 20.8. The van der Waals surface area contributed by atoms with E-state index >= 15 is 0 Å². The van der Waals surface area contributed by atoms with Crippen molar-refractivity contribution >= 4 is 40.9 Å². The average Bonchev–Trinajstić information content (AvgIpc) is 3.04. The number of thioether (sulfide) groups is 1. The predicted molar refractivity (Wildman–Crippen MR) is 133 cm³/mol. The van der Waals surface area contributed by atoms with Crippen molar-refractivity contribution in [2.24, 2.45) is 28.7 Å². The van der Waals surface area contributed by atoms with E-state index in [1.807, 2.05) is 23.9 Å². The van der Waals surface area contributed by atoms with Crippen LogP contribution in [0, 0.1) is 23.7 Å². The molecule has 6 rings (SSSR count). The summed E-state index contributed by atoms with van der Waals surface area (Å²) in [5.41, 5.74) is 2.19. The maximum absolute atomic E-state index is 12.6. The highest BCUT2D eigenvalue weighted by molar-refractivity contribution is 8.14. The highest BCUT2D eigenvalue weighted by Crippen LogP contribution is 2.55. The summed E-state index contributed by atoms with van der Waals surface area (Å²) < 4.78 is 0. The van der Waals surface area contributed by atoms with E-state index in [1.54, 1.807) is 0 Å². The summed E-state index contributed by atoms with van der Waals surface area (Å²) in [7, 11) is 2.13. The van der Waals surface area contributed by atoms with Gasteiger partial charge in [0.15, 0.2) is 5.17 Å². The second kappa shape index (κ2) is 9.35. The van der Waals surface area contributed by atoms with E-state index in [1.165, 1.54) is 42.8 Å². The minimum absolute atomic E-state index is 0. The number of anilines is 1. The van der Waals surface area contributed by atoms with Gasteiger partial charge in [-0.15, -0.1) is 12.4 Å². The van der Waals surface area contributed by atoms with Crippen LogP contribution in [0.5, 0.6) is 0 Å². The van der Waals surface area contributed by atoms with E-state index in [2.05, 4.69) is 43.2 Å². The van der Waals surface area contributed by atoms with Crippen molar-refractivity contribution in [1.29, 1.82) is 0 Å². The number of hydrogen-bond donors (Lipinski definition) is 1. The van der Waals surface area contributed by atoms with Crippen LogP contribution in [0.1, 0.15) is 63.9 Å². The van der Waals surface area contributed by atoms with Gasteiger partial charge in [0.2, 0.25) is 5.91 Å². The molecule has 4 nitrogen and oxygen atoms in total. The van der Waals surface area contributed by atoms with Crippen LogP contribution in [-0.2, 0) is 4.79 Å². The minimum atomic E-state index is 0. The number of aliphatic imine (C=N–C) groups is 1. The van der Waals surface area contributed by atoms with Crippen LogP contribution >= 0.6 is 24.2 Å². The topological polar surface area (TPSA) is 44.7 Å². The average molecular weight is 462 g/mol. The molecule has 4 bridgehead atoms. The van der Waals surface area contributed by atoms with Gasteiger partial charge in [-0.2, -0.15) is 0 Å². The van der Waals surface area contributed by atoms with Gasteiger partial charge < -0.3 is 10.2 Å². The summed E-state index contributed by atoms with van der Waals surface area (Å²) in [4.78, 5) is 20.2. The van der Waals surface area contributed by atoms with Crippen LogP contribution < -0.4 is 5.32 Å². The van der Waals surface area contributed by atoms with E-state index in [-0.39, 0.29) is 24.4 Å². The first-order valence-corrected chi connectivity index (χ1v) is 12.8. The first-order chi connectivity index (χ1) is 14.5. The van der Waals surface area contributed by atoms with Gasteiger partial charge in [0, 0.05) is 31.0 Å². The van der Waals surface area contributed by atoms with Crippen molar-refractivity contribution < 1.29 is 4.79 Å². The number of amides is 1. The molecule has 6 heteroatoms. The fraction of sp³-hybridized carbons (Fsp3) is 0.680. The highest BCUT2D eigenvalue weighted by atomic mass is 35.5. The molecule has 1 unspecified atom stereocenters. The van der Waals surface area contributed by atoms with Gasteiger partial charge in [-0.1, -0.05) is 37.7 Å². The van der Waals surface area contributed by atoms with Gasteiger partial charge in [0.25, 0.3) is 0 Å². The molecule has 1 saturated heterocycles. The van der Waals surface area contributed by atoms with Crippen LogP contribution in [0.25, 0.3) is 0 Å². The van der Waals surface area contributed by atoms with E-state index < -0.39 is 0 Å². The Morgan fingerprint density at radius 2 is 1.71 bits per heavy atom. The van der Waals surface area contributed by atoms with Gasteiger partial charge in [-0.25, -0.2) is 0 Å². The molecule has 1 amide bonds. The molecule has 1 atom stereocenters. The maximum atomic E-state index is 12.6. The third kappa shape index (κ3) is 4.78. The third-order valence-electron chi connectivity index (χ3n) is 7.97. The van der Waals surface area contributed by atoms with Crippen LogP contribution in [0.3, 0.4) is 0 Å². The van der Waals surface area contributed by atoms with Crippen molar-refractivity contribution in [3.63, 3.8) is 0 Å². The zero-order valence-corrected chi connectivity index (χ0v) is 20.6. The largest absolute Gasteiger partial charge is 0.350 e. The number of rotatable bonds is 5. The molecule has 4 aliphatic carbocycles. The molecule has 0 spiro atoms. The Bertz CT molecular complexity index is 797. The molecule has 1 aliphatic heterocycles. The normalized spacial score (nSPS) is 35.0. The molecule has 0 radical (unpaired) electrons. The molecule has 4 saturated carbocycles. The van der Waals surface area contributed by atoms with E-state index in [0.29, 0.717) is 18.4 Å². The van der Waals surface area contributed by atoms with Crippen LogP contribution in [0.2, 0.25) is 0 Å². The van der Waals surface area contributed by atoms with Gasteiger partial charge in [-0.3, -0.25) is 9.79 Å². The summed E-state index contributed by atoms with van der Waals surface area (Å²) in [6.07, 6.45) is 7.64. The second-order valence-corrected chi connectivity index (χ2v) is 11.4. The number of benzene rings is 1. The third-order valence-corrected chi connectivity index (χ3v) is 9.18. The molecular weight excluding hydrogens is 426 g/mol. The van der Waals surface area contributed by atoms with Crippen LogP contribution in [-0.4, -0.2) is 40.9 Å². The Morgan fingerprint density at radius 3 is 2.29 bits per heavy atom. The van der Waals surface area contributed by atoms with Gasteiger partial charge in [0.1, 0.15) is 0 Å². The number of amidine groups is 1. The first-order valence-electron chi connectivity index (χ1n) is 11.8. The smallest absolute Gasteiger partial charge is 0.226 e. The summed E-state index contributed by atoms with van der Waals surface area (Å²) in [6, 6.07) is 9.01. The predicted octanol–water partition coefficient (Wildman–Crippen LogP) is 5.79. The summed E-state index contributed by atoms with van der Waals surface area (Å²) in [5.74, 6) is 5.18. The number of carbonyl (C=O) groups excluding carboxylic acids is 1. The second-order valence-electron chi connectivity index (χ2n) is 10.4. The van der Waals surface area contributed by atoms with E-state index in [9.17, 15) is 4.79 Å². The van der Waals surface area contributed by atoms with Crippen molar-refractivity contribution in [1.82, 2.24) is 4.90 Å². The molecule has 1 aromatic rings. The number of hydrogen-bond acceptors (Lipinski definition) is 3. The molecule has 170 valence electrons. The first kappa shape index (κ1) is 23.0. The van der Waals surface area contributed by atoms with Crippen molar-refractivity contribution in [2.45, 2.75) is 70.4 Å². The van der Waals surface area contributed by atoms with Crippen molar-refractivity contribution in [3.05, 3.63) is 29.8 Å². The lowest BCUT2D eigenvalue weighted by molar-refractivity contribution is -0.116. The Kier molecular flexibility index (Phi) is 6.93. The molecule has 5 fully saturated rings. The molecule has 31 heavy (non-hydrogen) atoms. The van der Waals surface area contributed by atoms with Crippen molar-refractivity contribution in [2.75, 3.05) is 18.1 Å². The van der Waals surface area contributed by atoms with E-state index in [4.69, 9.17) is 4.99 Å². The van der Waals surface area contributed by atoms with Crippen LogP contribution in [0.15, 0.2) is 29.3 Å². The molecule has 1 aromatic carbocycles. The van der Waals surface area contributed by atoms with Crippen LogP contribution in [0.4, 0.5) is 5.69 Å². The fourth-order valence-corrected chi connectivity index (χ4v) is 7.71. The maximum Gasteiger partial charge on any atom is 0.226 e. The summed E-state index contributed by atoms with van der Waals surface area (Å²) in [5, 5.41) is 4.25. The Balaban J connectivity index is 0.00000231. The summed E-state index contributed by atoms with van der Waals surface area (Å²) in [6.45, 7) is 4.37. The monoisotopic (exact) mass is 461 g/mol. The minimum Gasteiger partial charge on any atom is -0.350 e. The Morgan fingerprint density at radius 1 is 1.10 bits per heavy atom. The van der Waals surface area contributed by atoms with E-state index in [0.717, 1.165) is 35.1 Å². The zero-order valence-electron chi connectivity index (χ0n) is 18.9. The summed E-state index contributed by atoms with van der Waals surface area (Å²) >= 11 is 1.85. The Labute approximate surface area is 197 Å². The molecule has 1 N–H and O–H groups in total. The molecule has 5 aliphatic rings. The Hall–Kier alpha value is -1.20. The standard InChI is InChI=1S/C25H35N3OS.ClH/c1-15(2)18-4-6-21(7-5-18)26-23(29)13-22-14-30-25(28(22)3)27-24-19-9-16-8-17(11-19)12-20(24)10-16;/h4-7,15-17,19-20,22,24H,8-14H2,1-3H3,(H,26,29);1H/b27-25-;. The molecule has 0 aromatic heterocycles. The molecular formula is C25H36ClN3OS. The fourth-order valence-electron chi connectivity index (χ4n) is 6.48. The quantitative estimate of drug-likeness (QED) is 0.603. The highest BCUT2D eigenvalue weighted by Gasteiger charge is 2.48. The number of halogens is 1. The van der Waals surface area contributed by atoms with Gasteiger partial charge >= 0.3 is 0 Å². The van der Waals surface area contributed by atoms with Crippen molar-refractivity contribution in [3.8, 4) is 0 Å². The SMILES string of the molecule is CC(C)c1ccc(NC(=O)CC2CS/C(=N\C3C4CC5CC(C4)CC3C5)N2C)cc1.Cl.